The number of rotatable bonds is 8. The Labute approximate surface area is 290 Å². The maximum Gasteiger partial charge on any atom is 0.333 e. The molecule has 0 unspecified atom stereocenters. The molecule has 1 aliphatic carbocycles. The topological polar surface area (TPSA) is 124 Å². The third kappa shape index (κ3) is 6.23. The van der Waals surface area contributed by atoms with Crippen molar-refractivity contribution in [1.82, 2.24) is 24.3 Å². The number of pyridine rings is 1. The predicted octanol–water partition coefficient (Wildman–Crippen LogP) is 6.21. The van der Waals surface area contributed by atoms with Crippen molar-refractivity contribution < 1.29 is 14.3 Å². The Hall–Kier alpha value is -4.87. The number of nitrogen functional groups attached to an aromatic ring is 1. The number of ether oxygens (including phenoxy) is 1. The normalized spacial score (nSPS) is 15.6. The summed E-state index contributed by atoms with van der Waals surface area (Å²) in [6.45, 7) is 2.31. The van der Waals surface area contributed by atoms with E-state index in [0.29, 0.717) is 43.7 Å². The molecule has 3 heterocycles. The van der Waals surface area contributed by atoms with Gasteiger partial charge in [0.25, 0.3) is 11.8 Å². The summed E-state index contributed by atoms with van der Waals surface area (Å²) in [6.07, 6.45) is 2.26. The molecule has 0 saturated heterocycles. The van der Waals surface area contributed by atoms with Crippen LogP contribution in [0.25, 0.3) is 16.9 Å². The van der Waals surface area contributed by atoms with Crippen molar-refractivity contribution in [2.45, 2.75) is 51.5 Å². The summed E-state index contributed by atoms with van der Waals surface area (Å²) in [5.74, 6) is 0.389. The molecule has 2 aliphatic rings. The number of carbonyl (C=O) groups is 2. The summed E-state index contributed by atoms with van der Waals surface area (Å²) < 4.78 is 9.62. The van der Waals surface area contributed by atoms with Gasteiger partial charge in [-0.1, -0.05) is 41.9 Å². The summed E-state index contributed by atoms with van der Waals surface area (Å²) in [7, 11) is 0. The molecular weight excluding hydrogens is 696 g/mol. The number of benzene rings is 3. The molecule has 48 heavy (non-hydrogen) atoms. The fraction of sp³-hybridized carbons (Fsp3) is 0.222. The molecular formula is C36H32BrClN6O4. The Balaban J connectivity index is 1.26. The first-order valence-electron chi connectivity index (χ1n) is 15.6. The summed E-state index contributed by atoms with van der Waals surface area (Å²) >= 11 is 9.70. The zero-order valence-electron chi connectivity index (χ0n) is 26.0. The van der Waals surface area contributed by atoms with E-state index < -0.39 is 5.91 Å². The number of amides is 2. The number of fused-ring (bicyclic) bond motifs is 1. The molecule has 7 rings (SSSR count). The van der Waals surface area contributed by atoms with Crippen LogP contribution in [-0.4, -0.2) is 43.0 Å². The van der Waals surface area contributed by atoms with Gasteiger partial charge in [-0.05, 0) is 95.9 Å². The zero-order chi connectivity index (χ0) is 33.5. The molecule has 5 aromatic rings. The fourth-order valence-corrected chi connectivity index (χ4v) is 6.42. The molecule has 1 saturated carbocycles. The second-order valence-electron chi connectivity index (χ2n) is 12.0. The average molecular weight is 728 g/mol. The second-order valence-corrected chi connectivity index (χ2v) is 13.3. The smallest absolute Gasteiger partial charge is 0.333 e. The van der Waals surface area contributed by atoms with Crippen LogP contribution in [0.2, 0.25) is 5.02 Å². The molecule has 12 heteroatoms. The Morgan fingerprint density at radius 3 is 2.54 bits per heavy atom. The van der Waals surface area contributed by atoms with Crippen molar-refractivity contribution in [1.29, 1.82) is 0 Å². The monoisotopic (exact) mass is 726 g/mol. The molecule has 1 atom stereocenters. The maximum absolute atomic E-state index is 14.3. The van der Waals surface area contributed by atoms with Gasteiger partial charge in [0.1, 0.15) is 17.3 Å². The molecule has 3 aromatic carbocycles. The first-order chi connectivity index (χ1) is 23.2. The number of imidazole rings is 1. The van der Waals surface area contributed by atoms with Crippen LogP contribution in [0.1, 0.15) is 51.9 Å². The van der Waals surface area contributed by atoms with E-state index in [4.69, 9.17) is 22.1 Å². The standard InChI is InChI=1S/C36H32BrClN6O4/c1-21-19-43-31(20-42(21)35(46)22-9-16-28(37)29(38)17-22)33(44(36(43)47)24-10-12-25(13-11-24)48-26-14-15-26)34(45)40-18-23-5-2-3-6-27(23)30-7-4-8-32(39)41-30/h2-13,16-17,21,26H,14-15,18-20H2,1H3,(H2,39,41)(H,40,45)/t21-/m1/s1. The molecule has 244 valence electrons. The Morgan fingerprint density at radius 2 is 1.81 bits per heavy atom. The van der Waals surface area contributed by atoms with Gasteiger partial charge in [0.15, 0.2) is 0 Å². The Kier molecular flexibility index (Phi) is 8.57. The second kappa shape index (κ2) is 13.0. The van der Waals surface area contributed by atoms with Crippen molar-refractivity contribution in [2.75, 3.05) is 5.73 Å². The maximum atomic E-state index is 14.3. The molecule has 10 nitrogen and oxygen atoms in total. The Morgan fingerprint density at radius 1 is 1.04 bits per heavy atom. The summed E-state index contributed by atoms with van der Waals surface area (Å²) in [5.41, 5.74) is 9.46. The van der Waals surface area contributed by atoms with E-state index in [9.17, 15) is 14.4 Å². The van der Waals surface area contributed by atoms with E-state index in [0.717, 1.165) is 24.0 Å². The van der Waals surface area contributed by atoms with Gasteiger partial charge in [-0.15, -0.1) is 0 Å². The van der Waals surface area contributed by atoms with Gasteiger partial charge < -0.3 is 20.7 Å². The van der Waals surface area contributed by atoms with Crippen LogP contribution in [0, 0.1) is 0 Å². The molecule has 3 N–H and O–H groups in total. The number of nitrogens with one attached hydrogen (secondary N) is 1. The number of anilines is 1. The minimum atomic E-state index is -0.455. The van der Waals surface area contributed by atoms with Crippen molar-refractivity contribution in [3.05, 3.63) is 127 Å². The van der Waals surface area contributed by atoms with E-state index in [1.54, 1.807) is 45.9 Å². The van der Waals surface area contributed by atoms with E-state index in [1.165, 1.54) is 4.57 Å². The molecule has 0 bridgehead atoms. The minimum Gasteiger partial charge on any atom is -0.490 e. The highest BCUT2D eigenvalue weighted by Crippen LogP contribution is 2.30. The lowest BCUT2D eigenvalue weighted by atomic mass is 10.0. The fourth-order valence-electron chi connectivity index (χ4n) is 5.99. The molecule has 2 aromatic heterocycles. The zero-order valence-corrected chi connectivity index (χ0v) is 28.4. The number of hydrogen-bond acceptors (Lipinski definition) is 6. The molecule has 1 fully saturated rings. The summed E-state index contributed by atoms with van der Waals surface area (Å²) in [4.78, 5) is 48.3. The lowest BCUT2D eigenvalue weighted by Crippen LogP contribution is -2.47. The number of aromatic nitrogens is 3. The van der Waals surface area contributed by atoms with E-state index in [2.05, 4.69) is 26.2 Å². The quantitative estimate of drug-likeness (QED) is 0.196. The summed E-state index contributed by atoms with van der Waals surface area (Å²) in [6, 6.07) is 24.9. The highest BCUT2D eigenvalue weighted by Gasteiger charge is 2.35. The minimum absolute atomic E-state index is 0.0470. The van der Waals surface area contributed by atoms with Crippen LogP contribution in [0.5, 0.6) is 5.75 Å². The van der Waals surface area contributed by atoms with E-state index >= 15 is 0 Å². The highest BCUT2D eigenvalue weighted by atomic mass is 79.9. The predicted molar refractivity (Wildman–Crippen MR) is 187 cm³/mol. The third-order valence-electron chi connectivity index (χ3n) is 8.61. The number of carbonyl (C=O) groups excluding carboxylic acids is 2. The number of halogens is 2. The van der Waals surface area contributed by atoms with Crippen LogP contribution in [0.4, 0.5) is 5.82 Å². The largest absolute Gasteiger partial charge is 0.490 e. The third-order valence-corrected chi connectivity index (χ3v) is 9.84. The van der Waals surface area contributed by atoms with Crippen LogP contribution in [-0.2, 0) is 19.6 Å². The number of nitrogens with two attached hydrogens (primary N) is 1. The van der Waals surface area contributed by atoms with E-state index in [-0.39, 0.29) is 49.1 Å². The van der Waals surface area contributed by atoms with Crippen LogP contribution >= 0.6 is 27.5 Å². The van der Waals surface area contributed by atoms with E-state index in [1.807, 2.05) is 55.5 Å². The lowest BCUT2D eigenvalue weighted by molar-refractivity contribution is 0.0610. The average Bonchev–Trinajstić information content (AvgIpc) is 3.86. The van der Waals surface area contributed by atoms with Gasteiger partial charge in [0, 0.05) is 34.7 Å². The number of hydrogen-bond donors (Lipinski definition) is 2. The van der Waals surface area contributed by atoms with Crippen molar-refractivity contribution >= 4 is 45.2 Å². The van der Waals surface area contributed by atoms with Gasteiger partial charge in [-0.3, -0.25) is 18.7 Å². The summed E-state index contributed by atoms with van der Waals surface area (Å²) in [5, 5.41) is 3.45. The lowest BCUT2D eigenvalue weighted by Gasteiger charge is -2.34. The van der Waals surface area contributed by atoms with Gasteiger partial charge in [-0.2, -0.15) is 0 Å². The van der Waals surface area contributed by atoms with Gasteiger partial charge in [0.2, 0.25) is 0 Å². The first-order valence-corrected chi connectivity index (χ1v) is 16.8. The van der Waals surface area contributed by atoms with Crippen molar-refractivity contribution in [2.24, 2.45) is 0 Å². The van der Waals surface area contributed by atoms with Crippen molar-refractivity contribution in [3.63, 3.8) is 0 Å². The molecule has 0 radical (unpaired) electrons. The Bertz CT molecular complexity index is 2110. The highest BCUT2D eigenvalue weighted by molar-refractivity contribution is 9.10. The van der Waals surface area contributed by atoms with Gasteiger partial charge >= 0.3 is 5.69 Å². The SMILES string of the molecule is C[C@@H]1Cn2c(c(C(=O)NCc3ccccc3-c3cccc(N)n3)n(-c3ccc(OC4CC4)cc3)c2=O)CN1C(=O)c1ccc(Br)c(Cl)c1. The van der Waals surface area contributed by atoms with Gasteiger partial charge in [0.05, 0.1) is 34.7 Å². The van der Waals surface area contributed by atoms with Crippen molar-refractivity contribution in [3.8, 4) is 22.7 Å². The van der Waals surface area contributed by atoms with Crippen LogP contribution in [0.3, 0.4) is 0 Å². The van der Waals surface area contributed by atoms with Gasteiger partial charge in [-0.25, -0.2) is 9.78 Å². The number of nitrogens with zero attached hydrogens (tertiary/aromatic N) is 4. The molecule has 2 amide bonds. The molecule has 0 spiro atoms. The first kappa shape index (κ1) is 31.7. The van der Waals surface area contributed by atoms with Crippen LogP contribution < -0.4 is 21.5 Å². The van der Waals surface area contributed by atoms with Crippen LogP contribution in [0.15, 0.2) is 94.2 Å². The molecule has 1 aliphatic heterocycles.